The zero-order chi connectivity index (χ0) is 22.4. The monoisotopic (exact) mass is 437 g/mol. The summed E-state index contributed by atoms with van der Waals surface area (Å²) >= 11 is 0. The fourth-order valence-electron chi connectivity index (χ4n) is 3.39. The van der Waals surface area contributed by atoms with Crippen LogP contribution < -0.4 is 15.0 Å². The molecule has 1 atom stereocenters. The Morgan fingerprint density at radius 3 is 2.65 bits per heavy atom. The Hall–Kier alpha value is -3.37. The highest BCUT2D eigenvalue weighted by Crippen LogP contribution is 2.24. The molecule has 0 saturated carbocycles. The Kier molecular flexibility index (Phi) is 6.93. The molecule has 0 unspecified atom stereocenters. The van der Waals surface area contributed by atoms with E-state index in [1.165, 1.54) is 17.0 Å². The highest BCUT2D eigenvalue weighted by molar-refractivity contribution is 5.94. The van der Waals surface area contributed by atoms with Gasteiger partial charge in [0, 0.05) is 38.2 Å². The number of likely N-dealkylation sites (N-methyl/N-ethyl adjacent to an activating group) is 1. The highest BCUT2D eigenvalue weighted by atomic mass is 19.4. The van der Waals surface area contributed by atoms with Crippen LogP contribution in [0.5, 0.6) is 5.75 Å². The van der Waals surface area contributed by atoms with Gasteiger partial charge in [-0.15, -0.1) is 13.2 Å². The van der Waals surface area contributed by atoms with Gasteiger partial charge in [0.05, 0.1) is 18.7 Å². The highest BCUT2D eigenvalue weighted by Gasteiger charge is 2.31. The molecular weight excluding hydrogens is 415 g/mol. The summed E-state index contributed by atoms with van der Waals surface area (Å²) in [5, 5.41) is 2.56. The first-order valence-corrected chi connectivity index (χ1v) is 9.63. The second-order valence-electron chi connectivity index (χ2n) is 7.16. The van der Waals surface area contributed by atoms with Crippen LogP contribution in [0.15, 0.2) is 42.9 Å². The van der Waals surface area contributed by atoms with E-state index in [0.717, 1.165) is 25.1 Å². The Labute approximate surface area is 177 Å². The van der Waals surface area contributed by atoms with E-state index in [2.05, 4.69) is 20.0 Å². The van der Waals surface area contributed by atoms with Crippen LogP contribution in [-0.4, -0.2) is 59.7 Å². The third-order valence-electron chi connectivity index (χ3n) is 4.77. The van der Waals surface area contributed by atoms with Gasteiger partial charge in [0.15, 0.2) is 0 Å². The number of carbonyl (C=O) groups is 2. The zero-order valence-corrected chi connectivity index (χ0v) is 16.8. The normalized spacial score (nSPS) is 16.5. The lowest BCUT2D eigenvalue weighted by Gasteiger charge is -2.34. The number of aromatic nitrogens is 2. The molecule has 1 aliphatic rings. The van der Waals surface area contributed by atoms with Crippen molar-refractivity contribution in [3.8, 4) is 5.75 Å². The molecule has 11 heteroatoms. The molecule has 2 aromatic rings. The van der Waals surface area contributed by atoms with Gasteiger partial charge in [-0.25, -0.2) is 4.98 Å². The van der Waals surface area contributed by atoms with Crippen molar-refractivity contribution < 1.29 is 27.5 Å². The molecule has 31 heavy (non-hydrogen) atoms. The smallest absolute Gasteiger partial charge is 0.406 e. The molecule has 1 N–H and O–H groups in total. The Bertz CT molecular complexity index is 893. The van der Waals surface area contributed by atoms with E-state index >= 15 is 0 Å². The largest absolute Gasteiger partial charge is 0.573 e. The Morgan fingerprint density at radius 2 is 2.00 bits per heavy atom. The zero-order valence-electron chi connectivity index (χ0n) is 16.8. The van der Waals surface area contributed by atoms with Crippen LogP contribution in [0.2, 0.25) is 0 Å². The predicted octanol–water partition coefficient (Wildman–Crippen LogP) is 2.69. The van der Waals surface area contributed by atoms with Crippen molar-refractivity contribution in [2.24, 2.45) is 5.92 Å². The minimum atomic E-state index is -4.78. The maximum absolute atomic E-state index is 12.8. The SMILES string of the molecule is CN(CC(=O)Nc1ccc(OC(F)(F)F)cc1)C(=O)[C@H]1CCCN(c2cnccn2)C1. The third kappa shape index (κ3) is 6.56. The molecule has 1 aromatic carbocycles. The molecule has 0 bridgehead atoms. The molecule has 166 valence electrons. The van der Waals surface area contributed by atoms with Gasteiger partial charge in [0.2, 0.25) is 11.8 Å². The van der Waals surface area contributed by atoms with Crippen molar-refractivity contribution in [2.75, 3.05) is 36.9 Å². The van der Waals surface area contributed by atoms with Gasteiger partial charge >= 0.3 is 6.36 Å². The number of amides is 2. The standard InChI is InChI=1S/C20H22F3N5O3/c1-27(13-18(29)26-15-4-6-16(7-5-15)31-20(21,22)23)19(30)14-3-2-10-28(12-14)17-11-24-8-9-25-17/h4-9,11,14H,2-3,10,12-13H2,1H3,(H,26,29)/t14-/m0/s1. The number of hydrogen-bond donors (Lipinski definition) is 1. The number of halogens is 3. The molecule has 2 amide bonds. The number of piperidine rings is 1. The quantitative estimate of drug-likeness (QED) is 0.748. The van der Waals surface area contributed by atoms with Crippen LogP contribution in [0.4, 0.5) is 24.7 Å². The number of anilines is 2. The first kappa shape index (κ1) is 22.3. The first-order chi connectivity index (χ1) is 14.7. The summed E-state index contributed by atoms with van der Waals surface area (Å²) in [6.45, 7) is 1.09. The fourth-order valence-corrected chi connectivity index (χ4v) is 3.39. The molecule has 1 fully saturated rings. The van der Waals surface area contributed by atoms with Gasteiger partial charge < -0.3 is 19.9 Å². The van der Waals surface area contributed by atoms with Crippen molar-refractivity contribution in [3.63, 3.8) is 0 Å². The van der Waals surface area contributed by atoms with Crippen molar-refractivity contribution in [1.82, 2.24) is 14.9 Å². The average Bonchev–Trinajstić information content (AvgIpc) is 2.74. The maximum atomic E-state index is 12.8. The summed E-state index contributed by atoms with van der Waals surface area (Å²) in [6, 6.07) is 4.78. The average molecular weight is 437 g/mol. The van der Waals surface area contributed by atoms with E-state index < -0.39 is 12.3 Å². The molecule has 1 aromatic heterocycles. The van der Waals surface area contributed by atoms with E-state index in [9.17, 15) is 22.8 Å². The third-order valence-corrected chi connectivity index (χ3v) is 4.77. The minimum Gasteiger partial charge on any atom is -0.406 e. The number of ether oxygens (including phenoxy) is 1. The van der Waals surface area contributed by atoms with E-state index in [1.54, 1.807) is 25.6 Å². The summed E-state index contributed by atoms with van der Waals surface area (Å²) in [5.41, 5.74) is 0.298. The number of rotatable bonds is 6. The topological polar surface area (TPSA) is 87.7 Å². The lowest BCUT2D eigenvalue weighted by molar-refractivity contribution is -0.274. The van der Waals surface area contributed by atoms with Gasteiger partial charge in [-0.1, -0.05) is 0 Å². The molecule has 1 saturated heterocycles. The summed E-state index contributed by atoms with van der Waals surface area (Å²) in [4.78, 5) is 36.7. The van der Waals surface area contributed by atoms with Crippen molar-refractivity contribution in [3.05, 3.63) is 42.9 Å². The molecule has 2 heterocycles. The van der Waals surface area contributed by atoms with Crippen LogP contribution in [-0.2, 0) is 9.59 Å². The molecular formula is C20H22F3N5O3. The fraction of sp³-hybridized carbons (Fsp3) is 0.400. The minimum absolute atomic E-state index is 0.155. The summed E-state index contributed by atoms with van der Waals surface area (Å²) in [6.07, 6.45) is 1.57. The number of hydrogen-bond acceptors (Lipinski definition) is 6. The van der Waals surface area contributed by atoms with Crippen LogP contribution in [0, 0.1) is 5.92 Å². The number of carbonyl (C=O) groups excluding carboxylic acids is 2. The second kappa shape index (κ2) is 9.63. The van der Waals surface area contributed by atoms with Gasteiger partial charge in [0.25, 0.3) is 0 Å². The van der Waals surface area contributed by atoms with Gasteiger partial charge in [0.1, 0.15) is 11.6 Å². The molecule has 3 rings (SSSR count). The van der Waals surface area contributed by atoms with Gasteiger partial charge in [-0.2, -0.15) is 0 Å². The van der Waals surface area contributed by atoms with Crippen LogP contribution in [0.1, 0.15) is 12.8 Å². The lowest BCUT2D eigenvalue weighted by atomic mass is 9.96. The Balaban J connectivity index is 1.51. The number of benzene rings is 1. The lowest BCUT2D eigenvalue weighted by Crippen LogP contribution is -2.45. The molecule has 0 aliphatic carbocycles. The number of alkyl halides is 3. The van der Waals surface area contributed by atoms with Crippen LogP contribution in [0.25, 0.3) is 0 Å². The van der Waals surface area contributed by atoms with Crippen molar-refractivity contribution in [2.45, 2.75) is 19.2 Å². The second-order valence-corrected chi connectivity index (χ2v) is 7.16. The Morgan fingerprint density at radius 1 is 1.26 bits per heavy atom. The number of nitrogens with one attached hydrogen (secondary N) is 1. The van der Waals surface area contributed by atoms with E-state index in [1.807, 2.05) is 4.90 Å². The molecule has 1 aliphatic heterocycles. The summed E-state index contributed by atoms with van der Waals surface area (Å²) < 4.78 is 40.4. The van der Waals surface area contributed by atoms with Crippen molar-refractivity contribution in [1.29, 1.82) is 0 Å². The predicted molar refractivity (Wildman–Crippen MR) is 106 cm³/mol. The summed E-state index contributed by atoms with van der Waals surface area (Å²) in [5.74, 6) is -0.562. The maximum Gasteiger partial charge on any atom is 0.573 e. The van der Waals surface area contributed by atoms with Crippen molar-refractivity contribution >= 4 is 23.3 Å². The van der Waals surface area contributed by atoms with Crippen LogP contribution in [0.3, 0.4) is 0 Å². The molecule has 8 nitrogen and oxygen atoms in total. The van der Waals surface area contributed by atoms with Crippen LogP contribution >= 0.6 is 0 Å². The van der Waals surface area contributed by atoms with E-state index in [0.29, 0.717) is 24.5 Å². The van der Waals surface area contributed by atoms with Gasteiger partial charge in [-0.05, 0) is 37.1 Å². The number of nitrogens with zero attached hydrogens (tertiary/aromatic N) is 4. The molecule has 0 spiro atoms. The summed E-state index contributed by atoms with van der Waals surface area (Å²) in [7, 11) is 1.55. The first-order valence-electron chi connectivity index (χ1n) is 9.63. The van der Waals surface area contributed by atoms with Gasteiger partial charge in [-0.3, -0.25) is 14.6 Å². The van der Waals surface area contributed by atoms with E-state index in [-0.39, 0.29) is 24.1 Å². The molecule has 0 radical (unpaired) electrons. The van der Waals surface area contributed by atoms with E-state index in [4.69, 9.17) is 0 Å².